The maximum absolute atomic E-state index is 13.0. The van der Waals surface area contributed by atoms with Gasteiger partial charge in [-0.2, -0.15) is 0 Å². The van der Waals surface area contributed by atoms with Crippen LogP contribution in [0.4, 0.5) is 5.69 Å². The monoisotopic (exact) mass is 371 g/mol. The van der Waals surface area contributed by atoms with E-state index in [4.69, 9.17) is 4.43 Å². The second kappa shape index (κ2) is 7.58. The Kier molecular flexibility index (Phi) is 5.90. The van der Waals surface area contributed by atoms with Gasteiger partial charge in [-0.1, -0.05) is 18.3 Å². The van der Waals surface area contributed by atoms with Crippen LogP contribution in [0.2, 0.25) is 32.7 Å². The molecule has 0 saturated carbocycles. The molecule has 2 rings (SSSR count). The molecule has 0 atom stereocenters. The fraction of sp³-hybridized carbons (Fsp3) is 0.350. The van der Waals surface area contributed by atoms with Crippen molar-refractivity contribution < 1.29 is 9.22 Å². The van der Waals surface area contributed by atoms with Crippen molar-refractivity contribution in [2.75, 3.05) is 19.0 Å². The lowest BCUT2D eigenvalue weighted by atomic mass is 10.0. The molecule has 0 aliphatic carbocycles. The Balaban J connectivity index is 2.34. The zero-order valence-electron chi connectivity index (χ0n) is 16.4. The van der Waals surface area contributed by atoms with Gasteiger partial charge in [0.2, 0.25) is 8.32 Å². The van der Waals surface area contributed by atoms with Gasteiger partial charge in [-0.05, 0) is 62.1 Å². The quantitative estimate of drug-likeness (QED) is 0.570. The Labute approximate surface area is 154 Å². The summed E-state index contributed by atoms with van der Waals surface area (Å²) >= 11 is 0. The summed E-state index contributed by atoms with van der Waals surface area (Å²) in [5.74, 6) is 0.943. The highest BCUT2D eigenvalue weighted by Gasteiger charge is 2.19. The summed E-state index contributed by atoms with van der Waals surface area (Å²) < 4.78 is 5.98. The van der Waals surface area contributed by atoms with Crippen molar-refractivity contribution in [1.29, 1.82) is 0 Å². The van der Waals surface area contributed by atoms with Gasteiger partial charge in [0.15, 0.2) is 5.78 Å². The maximum Gasteiger partial charge on any atom is 0.242 e. The summed E-state index contributed by atoms with van der Waals surface area (Å²) in [5, 5.41) is 1.22. The molecule has 2 aromatic rings. The average molecular weight is 372 g/mol. The van der Waals surface area contributed by atoms with E-state index in [1.54, 1.807) is 0 Å². The van der Waals surface area contributed by atoms with Crippen LogP contribution >= 0.6 is 0 Å². The van der Waals surface area contributed by atoms with Crippen molar-refractivity contribution in [2.45, 2.75) is 32.7 Å². The van der Waals surface area contributed by atoms with Crippen LogP contribution in [0.1, 0.15) is 15.9 Å². The SMILES string of the molecule is CN(C)c1ccc(C(=O)c2ccc(O[Si](C)(C)C)cc2)c([SiH](C)C)c1. The van der Waals surface area contributed by atoms with E-state index in [2.05, 4.69) is 43.7 Å². The smallest absolute Gasteiger partial charge is 0.242 e. The van der Waals surface area contributed by atoms with Crippen molar-refractivity contribution >= 4 is 33.8 Å². The summed E-state index contributed by atoms with van der Waals surface area (Å²) in [4.78, 5) is 15.1. The lowest BCUT2D eigenvalue weighted by Crippen LogP contribution is -2.30. The number of carbonyl (C=O) groups excluding carboxylic acids is 1. The van der Waals surface area contributed by atoms with E-state index >= 15 is 0 Å². The molecule has 3 nitrogen and oxygen atoms in total. The van der Waals surface area contributed by atoms with Gasteiger partial charge < -0.3 is 9.33 Å². The Morgan fingerprint density at radius 2 is 1.60 bits per heavy atom. The van der Waals surface area contributed by atoms with E-state index in [9.17, 15) is 4.79 Å². The largest absolute Gasteiger partial charge is 0.544 e. The van der Waals surface area contributed by atoms with Crippen molar-refractivity contribution in [3.05, 3.63) is 53.6 Å². The van der Waals surface area contributed by atoms with Gasteiger partial charge >= 0.3 is 0 Å². The summed E-state index contributed by atoms with van der Waals surface area (Å²) in [6, 6.07) is 13.8. The molecule has 0 heterocycles. The van der Waals surface area contributed by atoms with Crippen molar-refractivity contribution in [1.82, 2.24) is 0 Å². The zero-order valence-corrected chi connectivity index (χ0v) is 18.5. The normalized spacial score (nSPS) is 11.5. The Morgan fingerprint density at radius 1 is 1.00 bits per heavy atom. The molecule has 0 radical (unpaired) electrons. The van der Waals surface area contributed by atoms with Crippen molar-refractivity contribution in [3.8, 4) is 5.75 Å². The number of nitrogens with zero attached hydrogens (tertiary/aromatic N) is 1. The molecule has 0 fully saturated rings. The minimum absolute atomic E-state index is 0.0982. The third-order valence-electron chi connectivity index (χ3n) is 3.96. The van der Waals surface area contributed by atoms with Crippen molar-refractivity contribution in [2.24, 2.45) is 0 Å². The van der Waals surface area contributed by atoms with E-state index in [0.717, 1.165) is 22.6 Å². The third-order valence-corrected chi connectivity index (χ3v) is 6.53. The molecular formula is C20H29NO2Si2. The molecule has 0 N–H and O–H groups in total. The minimum Gasteiger partial charge on any atom is -0.544 e. The number of hydrogen-bond donors (Lipinski definition) is 0. The van der Waals surface area contributed by atoms with E-state index < -0.39 is 17.1 Å². The number of ketones is 1. The molecule has 0 saturated heterocycles. The van der Waals surface area contributed by atoms with Gasteiger partial charge in [-0.25, -0.2) is 0 Å². The molecule has 0 unspecified atom stereocenters. The van der Waals surface area contributed by atoms with Gasteiger partial charge in [0.05, 0.1) is 8.80 Å². The van der Waals surface area contributed by atoms with Crippen LogP contribution < -0.4 is 14.5 Å². The van der Waals surface area contributed by atoms with Crippen LogP contribution in [-0.4, -0.2) is 37.0 Å². The number of carbonyl (C=O) groups is 1. The first kappa shape index (κ1) is 19.5. The molecule has 0 aliphatic heterocycles. The molecule has 134 valence electrons. The Bertz CT molecular complexity index is 747. The first-order chi connectivity index (χ1) is 11.6. The Morgan fingerprint density at radius 3 is 2.08 bits per heavy atom. The average Bonchev–Trinajstić information content (AvgIpc) is 2.52. The molecule has 5 heteroatoms. The second-order valence-corrected chi connectivity index (χ2v) is 15.2. The second-order valence-electron chi connectivity index (χ2n) is 7.89. The van der Waals surface area contributed by atoms with Gasteiger partial charge in [0.1, 0.15) is 5.75 Å². The number of benzene rings is 2. The summed E-state index contributed by atoms with van der Waals surface area (Å²) in [6.45, 7) is 11.0. The summed E-state index contributed by atoms with van der Waals surface area (Å²) in [6.07, 6.45) is 0. The highest BCUT2D eigenvalue weighted by atomic mass is 28.4. The molecule has 0 spiro atoms. The van der Waals surface area contributed by atoms with Gasteiger partial charge in [0, 0.05) is 30.9 Å². The fourth-order valence-corrected chi connectivity index (χ4v) is 4.89. The van der Waals surface area contributed by atoms with Gasteiger partial charge in [-0.3, -0.25) is 4.79 Å². The fourth-order valence-electron chi connectivity index (χ4n) is 2.70. The topological polar surface area (TPSA) is 29.5 Å². The molecule has 0 aromatic heterocycles. The molecule has 25 heavy (non-hydrogen) atoms. The van der Waals surface area contributed by atoms with E-state index in [0.29, 0.717) is 0 Å². The van der Waals surface area contributed by atoms with Crippen LogP contribution in [0, 0.1) is 0 Å². The van der Waals surface area contributed by atoms with E-state index in [-0.39, 0.29) is 5.78 Å². The predicted molar refractivity (Wildman–Crippen MR) is 113 cm³/mol. The number of hydrogen-bond acceptors (Lipinski definition) is 3. The molecular weight excluding hydrogens is 342 g/mol. The lowest BCUT2D eigenvalue weighted by Gasteiger charge is -2.19. The Hall–Kier alpha value is -1.86. The minimum atomic E-state index is -1.63. The molecule has 2 aromatic carbocycles. The molecule has 0 amide bonds. The summed E-state index contributed by atoms with van der Waals surface area (Å²) in [5.41, 5.74) is 2.70. The van der Waals surface area contributed by atoms with Crippen LogP contribution in [0.5, 0.6) is 5.75 Å². The maximum atomic E-state index is 13.0. The first-order valence-electron chi connectivity index (χ1n) is 8.73. The van der Waals surface area contributed by atoms with E-state index in [1.807, 2.05) is 50.5 Å². The summed E-state index contributed by atoms with van der Waals surface area (Å²) in [7, 11) is 1.30. The standard InChI is InChI=1S/C20H29NO2Si2/c1-21(2)16-10-13-18(19(14-16)24(3)4)20(22)15-8-11-17(12-9-15)23-25(5,6)7/h8-14,24H,1-7H3. The molecule has 0 bridgehead atoms. The highest BCUT2D eigenvalue weighted by Crippen LogP contribution is 2.20. The highest BCUT2D eigenvalue weighted by molar-refractivity contribution is 6.72. The first-order valence-corrected chi connectivity index (χ1v) is 15.0. The number of rotatable bonds is 6. The number of anilines is 1. The third kappa shape index (κ3) is 5.06. The van der Waals surface area contributed by atoms with Gasteiger partial charge in [-0.15, -0.1) is 0 Å². The van der Waals surface area contributed by atoms with E-state index in [1.165, 1.54) is 5.19 Å². The van der Waals surface area contributed by atoms with Crippen LogP contribution in [0.3, 0.4) is 0 Å². The van der Waals surface area contributed by atoms with Crippen molar-refractivity contribution in [3.63, 3.8) is 0 Å². The zero-order chi connectivity index (χ0) is 18.8. The lowest BCUT2D eigenvalue weighted by molar-refractivity contribution is 0.104. The van der Waals surface area contributed by atoms with Gasteiger partial charge in [0.25, 0.3) is 0 Å². The molecule has 0 aliphatic rings. The predicted octanol–water partition coefficient (Wildman–Crippen LogP) is 3.89. The van der Waals surface area contributed by atoms with Crippen LogP contribution in [0.15, 0.2) is 42.5 Å². The van der Waals surface area contributed by atoms with Crippen LogP contribution in [-0.2, 0) is 0 Å². The van der Waals surface area contributed by atoms with Crippen LogP contribution in [0.25, 0.3) is 0 Å².